The molecule has 42 heavy (non-hydrogen) atoms. The quantitative estimate of drug-likeness (QED) is 0.155. The van der Waals surface area contributed by atoms with Crippen LogP contribution in [0.25, 0.3) is 6.08 Å². The van der Waals surface area contributed by atoms with E-state index in [1.807, 2.05) is 13.0 Å². The summed E-state index contributed by atoms with van der Waals surface area (Å²) in [6.07, 6.45) is 9.33. The van der Waals surface area contributed by atoms with Crippen LogP contribution in [0.4, 0.5) is 15.9 Å². The number of carbonyl (C=O) groups is 1. The number of thiocarbonyl (C=S) groups is 1. The highest BCUT2D eigenvalue weighted by molar-refractivity contribution is 8.26. The van der Waals surface area contributed by atoms with Gasteiger partial charge in [0.2, 0.25) is 0 Å². The van der Waals surface area contributed by atoms with Gasteiger partial charge in [0.05, 0.1) is 4.91 Å². The van der Waals surface area contributed by atoms with Crippen LogP contribution in [0.1, 0.15) is 75.5 Å². The molecule has 0 saturated carbocycles. The van der Waals surface area contributed by atoms with Crippen molar-refractivity contribution >= 4 is 51.8 Å². The van der Waals surface area contributed by atoms with Crippen LogP contribution >= 0.6 is 24.0 Å². The summed E-state index contributed by atoms with van der Waals surface area (Å²) in [7, 11) is 0. The van der Waals surface area contributed by atoms with Crippen LogP contribution in [0.15, 0.2) is 34.0 Å². The van der Waals surface area contributed by atoms with Crippen molar-refractivity contribution in [3.05, 3.63) is 62.0 Å². The summed E-state index contributed by atoms with van der Waals surface area (Å²) in [5.74, 6) is 0.353. The molecule has 1 amide bonds. The Morgan fingerprint density at radius 1 is 0.952 bits per heavy atom. The SMILES string of the molecule is CCCCCCCCN1C(=O)/C(=C\c2c(C)c(C#N)c(=O)n(CCC)c2N2CCN(c3ccc(F)cc3)CC2)SC1=S. The predicted molar refractivity (Wildman–Crippen MR) is 175 cm³/mol. The molecule has 0 radical (unpaired) electrons. The summed E-state index contributed by atoms with van der Waals surface area (Å²) in [4.78, 5) is 33.6. The van der Waals surface area contributed by atoms with Gasteiger partial charge >= 0.3 is 0 Å². The number of hydrogen-bond acceptors (Lipinski definition) is 7. The molecule has 2 aromatic rings. The normalized spacial score (nSPS) is 16.5. The number of anilines is 2. The minimum atomic E-state index is -0.305. The van der Waals surface area contributed by atoms with Crippen molar-refractivity contribution in [2.24, 2.45) is 0 Å². The first-order valence-electron chi connectivity index (χ1n) is 15.0. The highest BCUT2D eigenvalue weighted by Gasteiger charge is 2.33. The highest BCUT2D eigenvalue weighted by atomic mass is 32.2. The molecule has 0 aliphatic carbocycles. The Morgan fingerprint density at radius 3 is 2.24 bits per heavy atom. The summed E-state index contributed by atoms with van der Waals surface area (Å²) < 4.78 is 15.7. The maximum Gasteiger partial charge on any atom is 0.270 e. The van der Waals surface area contributed by atoms with Gasteiger partial charge in [0.15, 0.2) is 0 Å². The van der Waals surface area contributed by atoms with Crippen LogP contribution in [-0.4, -0.2) is 52.4 Å². The summed E-state index contributed by atoms with van der Waals surface area (Å²) >= 11 is 6.90. The lowest BCUT2D eigenvalue weighted by atomic mass is 10.0. The third-order valence-corrected chi connectivity index (χ3v) is 9.33. The smallest absolute Gasteiger partial charge is 0.270 e. The summed E-state index contributed by atoms with van der Waals surface area (Å²) in [5, 5.41) is 9.94. The van der Waals surface area contributed by atoms with Crippen LogP contribution in [0.5, 0.6) is 0 Å². The minimum absolute atomic E-state index is 0.103. The fourth-order valence-electron chi connectivity index (χ4n) is 5.62. The van der Waals surface area contributed by atoms with Gasteiger partial charge < -0.3 is 9.80 Å². The number of hydrogen-bond donors (Lipinski definition) is 0. The Balaban J connectivity index is 1.64. The topological polar surface area (TPSA) is 72.6 Å². The van der Waals surface area contributed by atoms with Gasteiger partial charge in [-0.15, -0.1) is 0 Å². The van der Waals surface area contributed by atoms with Crippen LogP contribution in [-0.2, 0) is 11.3 Å². The van der Waals surface area contributed by atoms with Crippen LogP contribution in [0.2, 0.25) is 0 Å². The number of carbonyl (C=O) groups excluding carboxylic acids is 1. The third kappa shape index (κ3) is 7.07. The lowest BCUT2D eigenvalue weighted by molar-refractivity contribution is -0.122. The second-order valence-electron chi connectivity index (χ2n) is 10.9. The Labute approximate surface area is 258 Å². The summed E-state index contributed by atoms with van der Waals surface area (Å²) in [6.45, 7) is 9.68. The molecule has 4 rings (SSSR count). The largest absolute Gasteiger partial charge is 0.368 e. The van der Waals surface area contributed by atoms with E-state index in [-0.39, 0.29) is 22.8 Å². The number of aromatic nitrogens is 1. The molecule has 2 aliphatic heterocycles. The van der Waals surface area contributed by atoms with Crippen molar-refractivity contribution in [2.75, 3.05) is 42.5 Å². The molecule has 10 heteroatoms. The Morgan fingerprint density at radius 2 is 1.60 bits per heavy atom. The first kappa shape index (κ1) is 31.8. The number of piperazine rings is 1. The van der Waals surface area contributed by atoms with E-state index in [2.05, 4.69) is 22.8 Å². The van der Waals surface area contributed by atoms with Crippen molar-refractivity contribution in [2.45, 2.75) is 72.3 Å². The van der Waals surface area contributed by atoms with E-state index in [4.69, 9.17) is 12.2 Å². The van der Waals surface area contributed by atoms with Gasteiger partial charge in [-0.3, -0.25) is 19.1 Å². The summed E-state index contributed by atoms with van der Waals surface area (Å²) in [6, 6.07) is 8.61. The molecule has 1 aromatic heterocycles. The van der Waals surface area contributed by atoms with E-state index in [0.717, 1.165) is 42.8 Å². The second-order valence-corrected chi connectivity index (χ2v) is 12.5. The van der Waals surface area contributed by atoms with Crippen molar-refractivity contribution in [3.63, 3.8) is 0 Å². The number of nitriles is 1. The molecule has 2 fully saturated rings. The van der Waals surface area contributed by atoms with Crippen LogP contribution in [0.3, 0.4) is 0 Å². The summed E-state index contributed by atoms with van der Waals surface area (Å²) in [5.41, 5.74) is 2.04. The zero-order valence-corrected chi connectivity index (χ0v) is 26.5. The fourth-order valence-corrected chi connectivity index (χ4v) is 6.91. The van der Waals surface area contributed by atoms with Gasteiger partial charge in [-0.1, -0.05) is 69.9 Å². The molecule has 0 bridgehead atoms. The lowest BCUT2D eigenvalue weighted by Gasteiger charge is -2.39. The zero-order valence-electron chi connectivity index (χ0n) is 24.8. The fraction of sp³-hybridized carbons (Fsp3) is 0.500. The number of nitrogens with zero attached hydrogens (tertiary/aromatic N) is 5. The highest BCUT2D eigenvalue weighted by Crippen LogP contribution is 2.36. The Hall–Kier alpha value is -3.16. The maximum absolute atomic E-state index is 13.5. The van der Waals surface area contributed by atoms with Gasteiger partial charge in [-0.05, 0) is 55.7 Å². The van der Waals surface area contributed by atoms with E-state index in [1.54, 1.807) is 28.5 Å². The maximum atomic E-state index is 13.5. The van der Waals surface area contributed by atoms with Gasteiger partial charge in [-0.25, -0.2) is 4.39 Å². The van der Waals surface area contributed by atoms with E-state index in [1.165, 1.54) is 43.2 Å². The van der Waals surface area contributed by atoms with E-state index < -0.39 is 0 Å². The predicted octanol–water partition coefficient (Wildman–Crippen LogP) is 6.47. The molecule has 0 N–H and O–H groups in total. The first-order valence-corrected chi connectivity index (χ1v) is 16.2. The van der Waals surface area contributed by atoms with Crippen LogP contribution in [0, 0.1) is 24.1 Å². The zero-order chi connectivity index (χ0) is 30.2. The average Bonchev–Trinajstić information content (AvgIpc) is 3.25. The minimum Gasteiger partial charge on any atom is -0.368 e. The lowest BCUT2D eigenvalue weighted by Crippen LogP contribution is -2.48. The molecular formula is C32H40FN5O2S2. The van der Waals surface area contributed by atoms with Gasteiger partial charge in [0.25, 0.3) is 11.5 Å². The molecule has 0 spiro atoms. The molecule has 0 atom stereocenters. The Kier molecular flexibility index (Phi) is 11.2. The van der Waals surface area contributed by atoms with Crippen LogP contribution < -0.4 is 15.4 Å². The van der Waals surface area contributed by atoms with E-state index in [0.29, 0.717) is 54.1 Å². The second kappa shape index (κ2) is 14.8. The number of halogens is 1. The van der Waals surface area contributed by atoms with Gasteiger partial charge in [0, 0.05) is 50.5 Å². The number of rotatable bonds is 12. The number of unbranched alkanes of at least 4 members (excludes halogenated alkanes) is 5. The third-order valence-electron chi connectivity index (χ3n) is 7.95. The molecule has 224 valence electrons. The molecule has 0 unspecified atom stereocenters. The van der Waals surface area contributed by atoms with Crippen molar-refractivity contribution < 1.29 is 9.18 Å². The Bertz CT molecular complexity index is 1420. The standard InChI is InChI=1S/C32H40FN5O2S2/c1-4-6-7-8-9-10-16-38-31(40)28(42-32(38)41)21-26-23(3)27(22-34)30(39)37(15-5-2)29(26)36-19-17-35(18-20-36)25-13-11-24(33)12-14-25/h11-14,21H,4-10,15-20H2,1-3H3/b28-21+. The molecule has 3 heterocycles. The van der Waals surface area contributed by atoms with Crippen molar-refractivity contribution in [1.82, 2.24) is 9.47 Å². The monoisotopic (exact) mass is 609 g/mol. The number of benzene rings is 1. The molecule has 2 saturated heterocycles. The molecular weight excluding hydrogens is 570 g/mol. The number of pyridine rings is 1. The average molecular weight is 610 g/mol. The van der Waals surface area contributed by atoms with Crippen molar-refractivity contribution in [1.29, 1.82) is 5.26 Å². The van der Waals surface area contributed by atoms with Gasteiger partial charge in [-0.2, -0.15) is 5.26 Å². The molecule has 7 nitrogen and oxygen atoms in total. The molecule has 1 aromatic carbocycles. The van der Waals surface area contributed by atoms with Crippen molar-refractivity contribution in [3.8, 4) is 6.07 Å². The molecule has 2 aliphatic rings. The first-order chi connectivity index (χ1) is 20.3. The number of amides is 1. The van der Waals surface area contributed by atoms with E-state index >= 15 is 0 Å². The van der Waals surface area contributed by atoms with Gasteiger partial charge in [0.1, 0.15) is 27.6 Å². The number of thioether (sulfide) groups is 1. The van der Waals surface area contributed by atoms with E-state index in [9.17, 15) is 19.2 Å².